The number of nitrogens with one attached hydrogen (secondary N) is 2. The molecule has 1 aromatic carbocycles. The molecule has 1 aromatic heterocycles. The Morgan fingerprint density at radius 3 is 3.00 bits per heavy atom. The normalized spacial score (nSPS) is 18.3. The predicted octanol–water partition coefficient (Wildman–Crippen LogP) is 2.46. The molecule has 4 nitrogen and oxygen atoms in total. The highest BCUT2D eigenvalue weighted by Crippen LogP contribution is 2.20. The van der Waals surface area contributed by atoms with Crippen LogP contribution in [0.3, 0.4) is 0 Å². The number of piperidine rings is 1. The van der Waals surface area contributed by atoms with Crippen LogP contribution in [0.25, 0.3) is 10.9 Å². The fourth-order valence-electron chi connectivity index (χ4n) is 2.66. The first-order valence-electron chi connectivity index (χ1n) is 6.77. The number of benzene rings is 1. The number of likely N-dealkylation sites (tertiary alicyclic amines) is 1. The lowest BCUT2D eigenvalue weighted by molar-refractivity contribution is 0.229. The Kier molecular flexibility index (Phi) is 3.19. The molecule has 0 unspecified atom stereocenters. The van der Waals surface area contributed by atoms with Gasteiger partial charge in [-0.3, -0.25) is 5.10 Å². The van der Waals surface area contributed by atoms with Gasteiger partial charge in [0.15, 0.2) is 0 Å². The first-order chi connectivity index (χ1) is 8.85. The Morgan fingerprint density at radius 2 is 2.22 bits per heavy atom. The second-order valence-electron chi connectivity index (χ2n) is 5.02. The van der Waals surface area contributed by atoms with E-state index in [-0.39, 0.29) is 0 Å². The highest BCUT2D eigenvalue weighted by molar-refractivity contribution is 5.81. The topological polar surface area (TPSA) is 44.0 Å². The molecule has 96 valence electrons. The summed E-state index contributed by atoms with van der Waals surface area (Å²) in [5, 5.41) is 11.9. The van der Waals surface area contributed by atoms with Gasteiger partial charge in [-0.25, -0.2) is 0 Å². The van der Waals surface area contributed by atoms with Crippen molar-refractivity contribution in [3.63, 3.8) is 0 Å². The molecular formula is C14H20N4. The van der Waals surface area contributed by atoms with Crippen molar-refractivity contribution in [3.8, 4) is 0 Å². The number of fused-ring (bicyclic) bond motifs is 1. The first-order valence-corrected chi connectivity index (χ1v) is 6.77. The number of rotatable bonds is 3. The molecule has 0 spiro atoms. The average Bonchev–Trinajstić information content (AvgIpc) is 2.87. The van der Waals surface area contributed by atoms with Crippen LogP contribution in [0, 0.1) is 0 Å². The van der Waals surface area contributed by atoms with E-state index in [4.69, 9.17) is 0 Å². The van der Waals surface area contributed by atoms with Crippen molar-refractivity contribution in [1.29, 1.82) is 0 Å². The third kappa shape index (κ3) is 2.34. The molecule has 0 atom stereocenters. The molecule has 2 N–H and O–H groups in total. The molecule has 0 aliphatic carbocycles. The van der Waals surface area contributed by atoms with Gasteiger partial charge in [0.2, 0.25) is 0 Å². The van der Waals surface area contributed by atoms with Crippen LogP contribution in [0.1, 0.15) is 19.8 Å². The van der Waals surface area contributed by atoms with Crippen molar-refractivity contribution >= 4 is 16.6 Å². The summed E-state index contributed by atoms with van der Waals surface area (Å²) in [5.41, 5.74) is 2.30. The quantitative estimate of drug-likeness (QED) is 0.871. The third-order valence-corrected chi connectivity index (χ3v) is 3.85. The summed E-state index contributed by atoms with van der Waals surface area (Å²) in [6.45, 7) is 5.83. The maximum atomic E-state index is 4.05. The van der Waals surface area contributed by atoms with Crippen LogP contribution < -0.4 is 5.32 Å². The van der Waals surface area contributed by atoms with Gasteiger partial charge >= 0.3 is 0 Å². The summed E-state index contributed by atoms with van der Waals surface area (Å²) in [6.07, 6.45) is 4.32. The minimum absolute atomic E-state index is 0.605. The molecule has 1 saturated heterocycles. The van der Waals surface area contributed by atoms with Crippen molar-refractivity contribution in [2.75, 3.05) is 25.0 Å². The van der Waals surface area contributed by atoms with E-state index >= 15 is 0 Å². The number of H-pyrrole nitrogens is 1. The van der Waals surface area contributed by atoms with E-state index in [1.165, 1.54) is 43.5 Å². The standard InChI is InChI=1S/C14H20N4/c1-2-18-7-5-12(6-8-18)16-13-4-3-11-10-15-17-14(11)9-13/h3-4,9-10,12,16H,2,5-8H2,1H3,(H,15,17). The molecule has 0 radical (unpaired) electrons. The molecule has 2 heterocycles. The molecule has 3 rings (SSSR count). The number of anilines is 1. The summed E-state index contributed by atoms with van der Waals surface area (Å²) < 4.78 is 0. The van der Waals surface area contributed by atoms with E-state index in [0.29, 0.717) is 6.04 Å². The minimum atomic E-state index is 0.605. The zero-order chi connectivity index (χ0) is 12.4. The summed E-state index contributed by atoms with van der Waals surface area (Å²) in [4.78, 5) is 2.51. The monoisotopic (exact) mass is 244 g/mol. The Labute approximate surface area is 107 Å². The van der Waals surface area contributed by atoms with Gasteiger partial charge in [-0.15, -0.1) is 0 Å². The van der Waals surface area contributed by atoms with Crippen molar-refractivity contribution < 1.29 is 0 Å². The Balaban J connectivity index is 1.65. The molecule has 1 aliphatic rings. The molecule has 2 aromatic rings. The molecule has 1 aliphatic heterocycles. The number of aromatic nitrogens is 2. The fourth-order valence-corrected chi connectivity index (χ4v) is 2.66. The second-order valence-corrected chi connectivity index (χ2v) is 5.02. The van der Waals surface area contributed by atoms with Crippen LogP contribution in [0.4, 0.5) is 5.69 Å². The van der Waals surface area contributed by atoms with E-state index < -0.39 is 0 Å². The van der Waals surface area contributed by atoms with Crippen molar-refractivity contribution in [2.24, 2.45) is 0 Å². The zero-order valence-electron chi connectivity index (χ0n) is 10.8. The first kappa shape index (κ1) is 11.5. The molecule has 18 heavy (non-hydrogen) atoms. The lowest BCUT2D eigenvalue weighted by Gasteiger charge is -2.32. The van der Waals surface area contributed by atoms with Gasteiger partial charge < -0.3 is 10.2 Å². The van der Waals surface area contributed by atoms with Crippen LogP contribution in [0.15, 0.2) is 24.4 Å². The molecular weight excluding hydrogens is 224 g/mol. The predicted molar refractivity (Wildman–Crippen MR) is 74.9 cm³/mol. The Hall–Kier alpha value is -1.55. The van der Waals surface area contributed by atoms with Crippen LogP contribution in [0.2, 0.25) is 0 Å². The minimum Gasteiger partial charge on any atom is -0.382 e. The summed E-state index contributed by atoms with van der Waals surface area (Å²) in [7, 11) is 0. The third-order valence-electron chi connectivity index (χ3n) is 3.85. The van der Waals surface area contributed by atoms with Gasteiger partial charge in [0.25, 0.3) is 0 Å². The molecule has 0 saturated carbocycles. The maximum absolute atomic E-state index is 4.05. The van der Waals surface area contributed by atoms with Crippen LogP contribution in [-0.4, -0.2) is 40.8 Å². The summed E-state index contributed by atoms with van der Waals surface area (Å²) in [5.74, 6) is 0. The summed E-state index contributed by atoms with van der Waals surface area (Å²) in [6, 6.07) is 7.01. The molecule has 1 fully saturated rings. The van der Waals surface area contributed by atoms with Gasteiger partial charge in [0, 0.05) is 30.2 Å². The number of hydrogen-bond acceptors (Lipinski definition) is 3. The van der Waals surface area contributed by atoms with E-state index in [9.17, 15) is 0 Å². The number of aromatic amines is 1. The SMILES string of the molecule is CCN1CCC(Nc2ccc3cn[nH]c3c2)CC1. The average molecular weight is 244 g/mol. The Bertz CT molecular complexity index is 511. The smallest absolute Gasteiger partial charge is 0.0670 e. The highest BCUT2D eigenvalue weighted by Gasteiger charge is 2.17. The molecule has 0 bridgehead atoms. The van der Waals surface area contributed by atoms with Gasteiger partial charge in [-0.1, -0.05) is 6.92 Å². The van der Waals surface area contributed by atoms with E-state index in [0.717, 1.165) is 5.52 Å². The second kappa shape index (κ2) is 4.98. The Morgan fingerprint density at radius 1 is 1.39 bits per heavy atom. The maximum Gasteiger partial charge on any atom is 0.0670 e. The van der Waals surface area contributed by atoms with E-state index in [1.807, 2.05) is 6.20 Å². The van der Waals surface area contributed by atoms with Crippen molar-refractivity contribution in [2.45, 2.75) is 25.8 Å². The number of nitrogens with zero attached hydrogens (tertiary/aromatic N) is 2. The van der Waals surface area contributed by atoms with Crippen LogP contribution in [0.5, 0.6) is 0 Å². The van der Waals surface area contributed by atoms with Crippen LogP contribution >= 0.6 is 0 Å². The van der Waals surface area contributed by atoms with E-state index in [2.05, 4.69) is 45.5 Å². The van der Waals surface area contributed by atoms with E-state index in [1.54, 1.807) is 0 Å². The van der Waals surface area contributed by atoms with Gasteiger partial charge in [0.05, 0.1) is 11.7 Å². The summed E-state index contributed by atoms with van der Waals surface area (Å²) >= 11 is 0. The van der Waals surface area contributed by atoms with Crippen molar-refractivity contribution in [3.05, 3.63) is 24.4 Å². The highest BCUT2D eigenvalue weighted by atomic mass is 15.1. The molecule has 0 amide bonds. The van der Waals surface area contributed by atoms with Gasteiger partial charge in [0.1, 0.15) is 0 Å². The lowest BCUT2D eigenvalue weighted by Crippen LogP contribution is -2.38. The number of hydrogen-bond donors (Lipinski definition) is 2. The molecule has 4 heteroatoms. The lowest BCUT2D eigenvalue weighted by atomic mass is 10.0. The fraction of sp³-hybridized carbons (Fsp3) is 0.500. The largest absolute Gasteiger partial charge is 0.382 e. The van der Waals surface area contributed by atoms with Crippen LogP contribution in [-0.2, 0) is 0 Å². The van der Waals surface area contributed by atoms with Crippen molar-refractivity contribution in [1.82, 2.24) is 15.1 Å². The zero-order valence-corrected chi connectivity index (χ0v) is 10.8. The van der Waals surface area contributed by atoms with Gasteiger partial charge in [-0.05, 0) is 37.6 Å². The van der Waals surface area contributed by atoms with Gasteiger partial charge in [-0.2, -0.15) is 5.10 Å².